The van der Waals surface area contributed by atoms with E-state index in [9.17, 15) is 19.2 Å². The van der Waals surface area contributed by atoms with Gasteiger partial charge in [-0.25, -0.2) is 0 Å². The van der Waals surface area contributed by atoms with Gasteiger partial charge in [0.05, 0.1) is 13.2 Å². The van der Waals surface area contributed by atoms with Gasteiger partial charge in [-0.15, -0.1) is 0 Å². The molecule has 3 saturated carbocycles. The molecule has 0 unspecified atom stereocenters. The molecule has 3 amide bonds. The standard InChI is InChI=1S/C33H42N4O9/c1-36(2)25(40)12-7-19-5-3-4-6-20(19)18-37-28-30(41)43-23-17-32(28,31(42)35-14-13-24(39)34-15-16-38)29(46-37)27-26(23)44-33(45-27,21-8-9-21)22-10-11-22/h3-7,12,21-23,26-29,38H,8-11,13-18H2,1-2H3,(H,34,39)(H,35,42)/t23-,26-,27-,28-,29+,32-/m0/s1. The number of aliphatic hydroxyl groups is 1. The fraction of sp³-hybridized carbons (Fsp3) is 0.636. The normalized spacial score (nSPS) is 32.6. The van der Waals surface area contributed by atoms with Crippen LogP contribution in [0, 0.1) is 17.3 Å². The van der Waals surface area contributed by atoms with Gasteiger partial charge in [0.1, 0.15) is 29.8 Å². The molecule has 2 bridgehead atoms. The predicted molar refractivity (Wildman–Crippen MR) is 161 cm³/mol. The average Bonchev–Trinajstić information content (AvgIpc) is 3.98. The molecule has 3 N–H and O–H groups in total. The van der Waals surface area contributed by atoms with Gasteiger partial charge in [-0.2, -0.15) is 5.06 Å². The molecule has 3 aliphatic heterocycles. The van der Waals surface area contributed by atoms with E-state index >= 15 is 0 Å². The van der Waals surface area contributed by atoms with E-state index in [4.69, 9.17) is 24.2 Å². The zero-order valence-corrected chi connectivity index (χ0v) is 26.2. The Labute approximate surface area is 267 Å². The van der Waals surface area contributed by atoms with Crippen LogP contribution in [0.25, 0.3) is 6.08 Å². The van der Waals surface area contributed by atoms with Gasteiger partial charge in [-0.05, 0) is 42.9 Å². The number of amides is 3. The number of nitrogens with one attached hydrogen (secondary N) is 2. The van der Waals surface area contributed by atoms with Gasteiger partial charge in [-0.3, -0.25) is 24.0 Å². The second-order valence-electron chi connectivity index (χ2n) is 13.5. The number of ether oxygens (including phenoxy) is 3. The fourth-order valence-electron chi connectivity index (χ4n) is 7.72. The van der Waals surface area contributed by atoms with Crippen LogP contribution < -0.4 is 10.6 Å². The van der Waals surface area contributed by atoms with E-state index in [1.54, 1.807) is 20.2 Å². The summed E-state index contributed by atoms with van der Waals surface area (Å²) in [7, 11) is 3.35. The van der Waals surface area contributed by atoms with Crippen LogP contribution in [0.5, 0.6) is 0 Å². The van der Waals surface area contributed by atoms with Crippen LogP contribution in [0.4, 0.5) is 0 Å². The number of esters is 1. The maximum absolute atomic E-state index is 14.3. The first kappa shape index (κ1) is 31.3. The minimum absolute atomic E-state index is 0.0130. The zero-order chi connectivity index (χ0) is 32.2. The number of rotatable bonds is 12. The Morgan fingerprint density at radius 1 is 1.04 bits per heavy atom. The van der Waals surface area contributed by atoms with E-state index in [0.717, 1.165) is 36.8 Å². The summed E-state index contributed by atoms with van der Waals surface area (Å²) in [6.45, 7) is 0.135. The number of carbonyl (C=O) groups is 4. The number of benzene rings is 1. The Hall–Kier alpha value is -3.36. The molecule has 0 aromatic heterocycles. The van der Waals surface area contributed by atoms with E-state index in [2.05, 4.69) is 10.6 Å². The van der Waals surface area contributed by atoms with Crippen molar-refractivity contribution in [1.29, 1.82) is 0 Å². The summed E-state index contributed by atoms with van der Waals surface area (Å²) in [5.41, 5.74) is 0.215. The minimum atomic E-state index is -1.35. The van der Waals surface area contributed by atoms with Crippen LogP contribution in [0.2, 0.25) is 0 Å². The Balaban J connectivity index is 1.20. The van der Waals surface area contributed by atoms with Gasteiger partial charge in [0.25, 0.3) is 0 Å². The van der Waals surface area contributed by atoms with Crippen LogP contribution in [-0.4, -0.2) is 109 Å². The molecule has 13 nitrogen and oxygen atoms in total. The Kier molecular flexibility index (Phi) is 8.17. The highest BCUT2D eigenvalue weighted by atomic mass is 16.8. The quantitative estimate of drug-likeness (QED) is 0.218. The SMILES string of the molecule is CN(C)C(=O)C=Cc1ccccc1CN1O[C@@H]2[C@H]3OC(C4CC4)(C4CC4)O[C@H]3[C@@H]3C[C@]2(C(=O)NCCC(=O)NCCO)[C@@H]1C(=O)O3. The third-order valence-electron chi connectivity index (χ3n) is 10.2. The number of hydrogen-bond acceptors (Lipinski definition) is 10. The zero-order valence-electron chi connectivity index (χ0n) is 26.2. The summed E-state index contributed by atoms with van der Waals surface area (Å²) in [4.78, 5) is 60.9. The van der Waals surface area contributed by atoms with Crippen molar-refractivity contribution in [1.82, 2.24) is 20.6 Å². The van der Waals surface area contributed by atoms with E-state index in [1.807, 2.05) is 24.3 Å². The van der Waals surface area contributed by atoms with E-state index in [-0.39, 0.29) is 62.7 Å². The topological polar surface area (TPSA) is 156 Å². The molecule has 6 atom stereocenters. The molecule has 248 valence electrons. The molecule has 3 heterocycles. The van der Waals surface area contributed by atoms with Crippen molar-refractivity contribution in [2.24, 2.45) is 17.3 Å². The van der Waals surface area contributed by atoms with E-state index in [1.165, 1.54) is 16.0 Å². The largest absolute Gasteiger partial charge is 0.458 e. The van der Waals surface area contributed by atoms with Crippen molar-refractivity contribution in [3.05, 3.63) is 41.5 Å². The third-order valence-corrected chi connectivity index (χ3v) is 10.2. The minimum Gasteiger partial charge on any atom is -0.458 e. The molecule has 1 aromatic carbocycles. The van der Waals surface area contributed by atoms with Gasteiger partial charge in [0, 0.05) is 57.9 Å². The molecule has 7 rings (SSSR count). The molecule has 3 saturated heterocycles. The number of likely N-dealkylation sites (N-methyl/N-ethyl adjacent to an activating group) is 1. The first-order valence-electron chi connectivity index (χ1n) is 16.3. The van der Waals surface area contributed by atoms with Gasteiger partial charge in [0.15, 0.2) is 11.8 Å². The van der Waals surface area contributed by atoms with E-state index in [0.29, 0.717) is 0 Å². The first-order chi connectivity index (χ1) is 22.2. The smallest absolute Gasteiger partial charge is 0.327 e. The highest BCUT2D eigenvalue weighted by molar-refractivity contribution is 5.94. The lowest BCUT2D eigenvalue weighted by molar-refractivity contribution is -0.235. The third kappa shape index (κ3) is 5.31. The molecule has 0 spiro atoms. The number of nitrogens with zero attached hydrogens (tertiary/aromatic N) is 2. The van der Waals surface area contributed by atoms with Crippen LogP contribution in [0.15, 0.2) is 30.3 Å². The van der Waals surface area contributed by atoms with Crippen LogP contribution in [0.3, 0.4) is 0 Å². The van der Waals surface area contributed by atoms with Gasteiger partial charge >= 0.3 is 5.97 Å². The molecule has 6 aliphatic rings. The molecule has 6 fully saturated rings. The monoisotopic (exact) mass is 638 g/mol. The van der Waals surface area contributed by atoms with Gasteiger partial charge < -0.3 is 34.9 Å². The lowest BCUT2D eigenvalue weighted by Crippen LogP contribution is -2.69. The van der Waals surface area contributed by atoms with Crippen molar-refractivity contribution >= 4 is 29.8 Å². The van der Waals surface area contributed by atoms with Crippen molar-refractivity contribution < 1.29 is 43.3 Å². The number of hydroxylamine groups is 2. The Bertz CT molecular complexity index is 1410. The summed E-state index contributed by atoms with van der Waals surface area (Å²) in [5.74, 6) is -1.67. The fourth-order valence-corrected chi connectivity index (χ4v) is 7.72. The molecule has 1 aromatic rings. The van der Waals surface area contributed by atoms with Gasteiger partial charge in [-0.1, -0.05) is 24.3 Å². The lowest BCUT2D eigenvalue weighted by atomic mass is 9.62. The summed E-state index contributed by atoms with van der Waals surface area (Å²) >= 11 is 0. The maximum atomic E-state index is 14.3. The summed E-state index contributed by atoms with van der Waals surface area (Å²) < 4.78 is 19.7. The number of fused-ring (bicyclic) bond motifs is 4. The van der Waals surface area contributed by atoms with Crippen molar-refractivity contribution in [2.75, 3.05) is 33.8 Å². The first-order valence-corrected chi connectivity index (χ1v) is 16.3. The highest BCUT2D eigenvalue weighted by Gasteiger charge is 2.78. The molecular formula is C33H42N4O9. The summed E-state index contributed by atoms with van der Waals surface area (Å²) in [5, 5.41) is 16.0. The van der Waals surface area contributed by atoms with Gasteiger partial charge in [0.2, 0.25) is 17.7 Å². The Morgan fingerprint density at radius 2 is 1.76 bits per heavy atom. The average molecular weight is 639 g/mol. The molecular weight excluding hydrogens is 596 g/mol. The summed E-state index contributed by atoms with van der Waals surface area (Å²) in [6, 6.07) is 6.43. The Morgan fingerprint density at radius 3 is 2.46 bits per heavy atom. The lowest BCUT2D eigenvalue weighted by Gasteiger charge is -2.48. The number of hydrogen-bond donors (Lipinski definition) is 3. The van der Waals surface area contributed by atoms with Crippen LogP contribution in [-0.2, 0) is 44.8 Å². The second kappa shape index (κ2) is 12.0. The summed E-state index contributed by atoms with van der Waals surface area (Å²) in [6.07, 6.45) is 4.74. The predicted octanol–water partition coefficient (Wildman–Crippen LogP) is 0.503. The second-order valence-corrected chi connectivity index (χ2v) is 13.5. The molecule has 0 radical (unpaired) electrons. The van der Waals surface area contributed by atoms with Crippen LogP contribution >= 0.6 is 0 Å². The van der Waals surface area contributed by atoms with Crippen LogP contribution in [0.1, 0.15) is 49.7 Å². The number of carbonyl (C=O) groups excluding carboxylic acids is 4. The van der Waals surface area contributed by atoms with E-state index < -0.39 is 53.5 Å². The highest BCUT2D eigenvalue weighted by Crippen LogP contribution is 2.63. The van der Waals surface area contributed by atoms with Crippen molar-refractivity contribution in [3.8, 4) is 0 Å². The number of aliphatic hydroxyl groups excluding tert-OH is 1. The molecule has 46 heavy (non-hydrogen) atoms. The molecule has 3 aliphatic carbocycles. The molecule has 13 heteroatoms. The van der Waals surface area contributed by atoms with Crippen molar-refractivity contribution in [2.45, 2.75) is 81.3 Å². The maximum Gasteiger partial charge on any atom is 0.327 e. The van der Waals surface area contributed by atoms with Crippen molar-refractivity contribution in [3.63, 3.8) is 0 Å².